The molecule has 0 aliphatic carbocycles. The van der Waals surface area contributed by atoms with Gasteiger partial charge in [0.05, 0.1) is 18.6 Å². The Hall–Kier alpha value is -4.06. The van der Waals surface area contributed by atoms with Gasteiger partial charge in [0.15, 0.2) is 11.5 Å². The monoisotopic (exact) mass is 501 g/mol. The molecule has 0 amide bonds. The fourth-order valence-electron chi connectivity index (χ4n) is 4.35. The van der Waals surface area contributed by atoms with Crippen LogP contribution in [0.4, 0.5) is 0 Å². The van der Waals surface area contributed by atoms with Gasteiger partial charge in [0.1, 0.15) is 0 Å². The van der Waals surface area contributed by atoms with Crippen LogP contribution in [0.5, 0.6) is 23.3 Å². The number of fused-ring (bicyclic) bond motifs is 2. The summed E-state index contributed by atoms with van der Waals surface area (Å²) in [5, 5.41) is 13.5. The highest BCUT2D eigenvalue weighted by atomic mass is 16.5. The third-order valence-electron chi connectivity index (χ3n) is 6.16. The maximum Gasteiger partial charge on any atom is 0.331 e. The van der Waals surface area contributed by atoms with Gasteiger partial charge in [-0.15, -0.1) is 0 Å². The van der Waals surface area contributed by atoms with Crippen molar-refractivity contribution in [2.75, 3.05) is 7.11 Å². The number of rotatable bonds is 8. The number of H-pyrrole nitrogens is 2. The van der Waals surface area contributed by atoms with E-state index in [0.717, 1.165) is 22.0 Å². The molecule has 0 radical (unpaired) electrons. The van der Waals surface area contributed by atoms with Crippen molar-refractivity contribution in [2.24, 2.45) is 0 Å². The van der Waals surface area contributed by atoms with Gasteiger partial charge in [-0.25, -0.2) is 9.59 Å². The molecule has 1 aliphatic heterocycles. The van der Waals surface area contributed by atoms with E-state index < -0.39 is 34.3 Å². The topological polar surface area (TPSA) is 188 Å². The number of benzene rings is 1. The van der Waals surface area contributed by atoms with Crippen LogP contribution in [0.2, 0.25) is 0 Å². The molecular formula is C24H31N5O7. The molecule has 0 bridgehead atoms. The van der Waals surface area contributed by atoms with Crippen molar-refractivity contribution in [1.29, 1.82) is 0 Å². The molecule has 4 rings (SSSR count). The van der Waals surface area contributed by atoms with Crippen molar-refractivity contribution in [1.82, 2.24) is 25.3 Å². The number of hydrogen-bond acceptors (Lipinski definition) is 7. The molecular weight excluding hydrogens is 470 g/mol. The molecule has 3 heterocycles. The summed E-state index contributed by atoms with van der Waals surface area (Å²) in [6.07, 6.45) is 2.60. The fourth-order valence-corrected chi connectivity index (χ4v) is 4.35. The lowest BCUT2D eigenvalue weighted by Crippen LogP contribution is -2.42. The maximum absolute atomic E-state index is 13.6. The molecule has 0 spiro atoms. The second-order valence-electron chi connectivity index (χ2n) is 8.38. The van der Waals surface area contributed by atoms with E-state index in [9.17, 15) is 24.3 Å². The van der Waals surface area contributed by atoms with Gasteiger partial charge < -0.3 is 25.3 Å². The van der Waals surface area contributed by atoms with Gasteiger partial charge >= 0.3 is 11.4 Å². The van der Waals surface area contributed by atoms with Gasteiger partial charge in [-0.3, -0.25) is 24.1 Å². The zero-order valence-corrected chi connectivity index (χ0v) is 20.8. The molecule has 0 fully saturated rings. The number of para-hydroxylation sites is 1. The second kappa shape index (κ2) is 10.7. The minimum atomic E-state index is -1.19. The highest BCUT2D eigenvalue weighted by molar-refractivity contribution is 5.61. The molecule has 36 heavy (non-hydrogen) atoms. The largest absolute Gasteiger partial charge is 0.860 e. The smallest absolute Gasteiger partial charge is 0.331 e. The molecule has 12 heteroatoms. The number of aromatic nitrogens is 4. The Morgan fingerprint density at radius 1 is 0.972 bits per heavy atom. The van der Waals surface area contributed by atoms with Crippen LogP contribution >= 0.6 is 0 Å². The number of quaternary nitrogens is 1. The van der Waals surface area contributed by atoms with Gasteiger partial charge in [-0.05, 0) is 24.8 Å². The van der Waals surface area contributed by atoms with Crippen LogP contribution < -0.4 is 43.2 Å². The van der Waals surface area contributed by atoms with E-state index in [4.69, 9.17) is 9.47 Å². The summed E-state index contributed by atoms with van der Waals surface area (Å²) >= 11 is 0. The Balaban J connectivity index is 0.00000361. The average molecular weight is 502 g/mol. The molecule has 0 saturated carbocycles. The number of aromatic amines is 2. The molecule has 194 valence electrons. The van der Waals surface area contributed by atoms with Crippen molar-refractivity contribution in [3.63, 3.8) is 0 Å². The van der Waals surface area contributed by atoms with Crippen LogP contribution in [0, 0.1) is 0 Å². The van der Waals surface area contributed by atoms with Crippen LogP contribution in [0.25, 0.3) is 0 Å². The standard InChI is InChI=1S/C24H28N4O7.H3N/c1-4-6-11-27-21(30)16(19(29)25-23(27)32)15-13-9-8-10-14(34-3)18(13)35-20-17(15)22(31)28(12-7-5-2)24(33)26-20;/h8-10,15,30H,4-7,11-12H2,1-3H3,(H,26,33)(H,25,29,32);1H3. The summed E-state index contributed by atoms with van der Waals surface area (Å²) in [4.78, 5) is 56.6. The lowest BCUT2D eigenvalue weighted by molar-refractivity contribution is -0.281. The number of nitrogens with zero attached hydrogens (tertiary/aromatic N) is 2. The normalized spacial score (nSPS) is 13.8. The number of nitrogens with one attached hydrogen (secondary N) is 2. The Bertz CT molecular complexity index is 1500. The summed E-state index contributed by atoms with van der Waals surface area (Å²) < 4.78 is 13.3. The first-order chi connectivity index (χ1) is 16.8. The van der Waals surface area contributed by atoms with Crippen molar-refractivity contribution in [3.05, 3.63) is 76.6 Å². The predicted molar refractivity (Wildman–Crippen MR) is 132 cm³/mol. The Morgan fingerprint density at radius 3 is 2.25 bits per heavy atom. The molecule has 1 unspecified atom stereocenters. The molecule has 6 N–H and O–H groups in total. The number of ether oxygens (including phenoxy) is 2. The first kappa shape index (κ1) is 26.5. The third-order valence-corrected chi connectivity index (χ3v) is 6.16. The van der Waals surface area contributed by atoms with E-state index in [1.165, 1.54) is 7.11 Å². The van der Waals surface area contributed by atoms with Gasteiger partial charge in [-0.1, -0.05) is 38.8 Å². The van der Waals surface area contributed by atoms with Gasteiger partial charge in [0, 0.05) is 24.2 Å². The van der Waals surface area contributed by atoms with E-state index in [1.54, 1.807) is 18.2 Å². The first-order valence-electron chi connectivity index (χ1n) is 11.6. The van der Waals surface area contributed by atoms with Gasteiger partial charge in [-0.2, -0.15) is 0 Å². The fraction of sp³-hybridized carbons (Fsp3) is 0.417. The molecule has 12 nitrogen and oxygen atoms in total. The van der Waals surface area contributed by atoms with Crippen molar-refractivity contribution < 1.29 is 14.6 Å². The number of unbranched alkanes of at least 4 members (excludes halogenated alkanes) is 2. The zero-order valence-electron chi connectivity index (χ0n) is 20.8. The van der Waals surface area contributed by atoms with Crippen molar-refractivity contribution in [3.8, 4) is 23.3 Å². The Kier molecular flexibility index (Phi) is 7.88. The third kappa shape index (κ3) is 4.35. The molecule has 1 atom stereocenters. The van der Waals surface area contributed by atoms with E-state index in [2.05, 4.69) is 9.97 Å². The zero-order chi connectivity index (χ0) is 25.3. The Labute approximate surface area is 205 Å². The maximum atomic E-state index is 13.6. The summed E-state index contributed by atoms with van der Waals surface area (Å²) in [5.74, 6) is -1.69. The van der Waals surface area contributed by atoms with Gasteiger partial charge in [0.25, 0.3) is 11.1 Å². The van der Waals surface area contributed by atoms with Crippen LogP contribution in [0.15, 0.2) is 37.4 Å². The molecule has 1 aromatic carbocycles. The van der Waals surface area contributed by atoms with Crippen LogP contribution in [0.3, 0.4) is 0 Å². The van der Waals surface area contributed by atoms with Crippen LogP contribution in [-0.4, -0.2) is 26.2 Å². The average Bonchev–Trinajstić information content (AvgIpc) is 2.82. The highest BCUT2D eigenvalue weighted by Gasteiger charge is 2.37. The van der Waals surface area contributed by atoms with Crippen LogP contribution in [-0.2, 0) is 13.1 Å². The quantitative estimate of drug-likeness (QED) is 0.328. The lowest BCUT2D eigenvalue weighted by Gasteiger charge is -2.31. The SMILES string of the molecule is CCCCn1c([O-])c(C2c3cccc(OC)c3Oc3[nH]c(=O)n(CCCC)c(=O)c32)c(=O)[nH]c1=O.[NH4+]. The lowest BCUT2D eigenvalue weighted by atomic mass is 9.84. The van der Waals surface area contributed by atoms with E-state index in [1.807, 2.05) is 13.8 Å². The molecule has 3 aromatic rings. The number of methoxy groups -OCH3 is 1. The van der Waals surface area contributed by atoms with Crippen LogP contribution in [0.1, 0.15) is 62.1 Å². The highest BCUT2D eigenvalue weighted by Crippen LogP contribution is 2.48. The summed E-state index contributed by atoms with van der Waals surface area (Å²) in [7, 11) is 1.42. The van der Waals surface area contributed by atoms with E-state index in [-0.39, 0.29) is 47.7 Å². The van der Waals surface area contributed by atoms with Crippen molar-refractivity contribution in [2.45, 2.75) is 58.5 Å². The minimum absolute atomic E-state index is 0. The van der Waals surface area contributed by atoms with E-state index in [0.29, 0.717) is 18.4 Å². The summed E-state index contributed by atoms with van der Waals surface area (Å²) in [6.45, 7) is 4.11. The molecule has 0 saturated heterocycles. The molecule has 1 aliphatic rings. The summed E-state index contributed by atoms with van der Waals surface area (Å²) in [6, 6.07) is 4.88. The predicted octanol–water partition coefficient (Wildman–Crippen LogP) is 1.73. The second-order valence-corrected chi connectivity index (χ2v) is 8.38. The minimum Gasteiger partial charge on any atom is -0.860 e. The number of hydrogen-bond donors (Lipinski definition) is 3. The molecule has 2 aromatic heterocycles. The summed E-state index contributed by atoms with van der Waals surface area (Å²) in [5.41, 5.74) is -3.05. The van der Waals surface area contributed by atoms with Crippen molar-refractivity contribution >= 4 is 0 Å². The van der Waals surface area contributed by atoms with Gasteiger partial charge in [0.2, 0.25) is 5.88 Å². The van der Waals surface area contributed by atoms with E-state index >= 15 is 0 Å². The first-order valence-corrected chi connectivity index (χ1v) is 11.6. The Morgan fingerprint density at radius 2 is 1.61 bits per heavy atom.